The van der Waals surface area contributed by atoms with Crippen molar-refractivity contribution in [1.29, 1.82) is 0 Å². The van der Waals surface area contributed by atoms with E-state index in [2.05, 4.69) is 41.4 Å². The highest BCUT2D eigenvalue weighted by Crippen LogP contribution is 2.31. The molecule has 2 aromatic heterocycles. The van der Waals surface area contributed by atoms with Crippen molar-refractivity contribution >= 4 is 46.7 Å². The summed E-state index contributed by atoms with van der Waals surface area (Å²) in [6.07, 6.45) is 2.12. The molecule has 1 fully saturated rings. The number of aryl methyl sites for hydroxylation is 1. The highest BCUT2D eigenvalue weighted by Gasteiger charge is 2.29. The molecule has 2 amide bonds. The highest BCUT2D eigenvalue weighted by atomic mass is 32.2. The Morgan fingerprint density at radius 1 is 1.06 bits per heavy atom. The van der Waals surface area contributed by atoms with Crippen molar-refractivity contribution in [2.75, 3.05) is 35.6 Å². The lowest BCUT2D eigenvalue weighted by atomic mass is 10.3. The van der Waals surface area contributed by atoms with Crippen molar-refractivity contribution in [3.05, 3.63) is 42.1 Å². The second-order valence-electron chi connectivity index (χ2n) is 8.33. The van der Waals surface area contributed by atoms with Crippen LogP contribution in [-0.2, 0) is 9.59 Å². The molecule has 1 saturated carbocycles. The number of carbonyl (C=O) groups excluding carboxylic acids is 2. The number of aromatic nitrogens is 4. The van der Waals surface area contributed by atoms with Crippen LogP contribution in [0, 0.1) is 12.8 Å². The molecule has 7 N–H and O–H groups in total. The number of amides is 2. The van der Waals surface area contributed by atoms with Gasteiger partial charge in [0.05, 0.1) is 0 Å². The Balaban J connectivity index is 1.39. The van der Waals surface area contributed by atoms with Gasteiger partial charge in [0.15, 0.2) is 11.0 Å². The van der Waals surface area contributed by atoms with Crippen molar-refractivity contribution in [3.8, 4) is 0 Å². The average molecular weight is 512 g/mol. The van der Waals surface area contributed by atoms with E-state index < -0.39 is 5.91 Å². The lowest BCUT2D eigenvalue weighted by molar-refractivity contribution is -0.129. The van der Waals surface area contributed by atoms with E-state index in [9.17, 15) is 9.59 Å². The zero-order valence-electron chi connectivity index (χ0n) is 19.8. The molecule has 0 bridgehead atoms. The zero-order chi connectivity index (χ0) is 25.3. The molecule has 0 atom stereocenters. The average Bonchev–Trinajstić information content (AvgIpc) is 3.64. The summed E-state index contributed by atoms with van der Waals surface area (Å²) in [6, 6.07) is 11.3. The topological polar surface area (TPSA) is 169 Å². The van der Waals surface area contributed by atoms with Gasteiger partial charge in [-0.05, 0) is 55.8 Å². The summed E-state index contributed by atoms with van der Waals surface area (Å²) in [4.78, 5) is 33.2. The fourth-order valence-electron chi connectivity index (χ4n) is 3.20. The van der Waals surface area contributed by atoms with Gasteiger partial charge in [0.2, 0.25) is 11.8 Å². The van der Waals surface area contributed by atoms with Crippen LogP contribution in [-0.4, -0.2) is 56.8 Å². The maximum Gasteiger partial charge on any atom is 0.244 e. The monoisotopic (exact) mass is 511 g/mol. The van der Waals surface area contributed by atoms with E-state index in [-0.39, 0.29) is 18.2 Å². The van der Waals surface area contributed by atoms with Crippen LogP contribution in [0.1, 0.15) is 25.0 Å². The molecular formula is C23H29N9O3S. The van der Waals surface area contributed by atoms with Gasteiger partial charge in [0.25, 0.3) is 0 Å². The fourth-order valence-corrected chi connectivity index (χ4v) is 3.97. The summed E-state index contributed by atoms with van der Waals surface area (Å²) in [5.74, 6) is 1.66. The van der Waals surface area contributed by atoms with E-state index in [4.69, 9.17) is 5.21 Å². The molecule has 2 heterocycles. The summed E-state index contributed by atoms with van der Waals surface area (Å²) in [5.41, 5.74) is 3.30. The van der Waals surface area contributed by atoms with Gasteiger partial charge in [-0.3, -0.25) is 19.9 Å². The number of anilines is 4. The van der Waals surface area contributed by atoms with Gasteiger partial charge >= 0.3 is 0 Å². The molecule has 0 spiro atoms. The summed E-state index contributed by atoms with van der Waals surface area (Å²) >= 11 is 1.40. The van der Waals surface area contributed by atoms with Crippen molar-refractivity contribution in [3.63, 3.8) is 0 Å². The van der Waals surface area contributed by atoms with Gasteiger partial charge in [-0.1, -0.05) is 0 Å². The third-order valence-corrected chi connectivity index (χ3v) is 6.08. The molecule has 190 valence electrons. The Kier molecular flexibility index (Phi) is 8.71. The number of H-pyrrole nitrogens is 1. The molecule has 1 aliphatic rings. The molecule has 0 saturated heterocycles. The minimum Gasteiger partial charge on any atom is -0.369 e. The smallest absolute Gasteiger partial charge is 0.244 e. The maximum absolute atomic E-state index is 12.0. The molecule has 0 unspecified atom stereocenters. The highest BCUT2D eigenvalue weighted by molar-refractivity contribution is 7.99. The molecule has 36 heavy (non-hydrogen) atoms. The van der Waals surface area contributed by atoms with Crippen LogP contribution in [0.4, 0.5) is 23.1 Å². The van der Waals surface area contributed by atoms with Crippen LogP contribution in [0.3, 0.4) is 0 Å². The summed E-state index contributed by atoms with van der Waals surface area (Å²) in [5, 5.41) is 28.7. The number of nitrogens with zero attached hydrogens (tertiary/aromatic N) is 3. The molecule has 0 aliphatic heterocycles. The Morgan fingerprint density at radius 2 is 1.83 bits per heavy atom. The third-order valence-electron chi connectivity index (χ3n) is 5.21. The van der Waals surface area contributed by atoms with Crippen LogP contribution >= 0.6 is 11.8 Å². The standard InChI is InChI=1S/C23H29N9O3S/c1-14-12-20(31-30-14)27-19-13-18(25-11-10-24-9-8-21(33)32-35)28-23(29-19)36-17-6-4-16(5-7-17)26-22(34)15-2-3-15/h4-7,12-13,15,24,35H,2-3,8-11H2,1H3,(H,26,34)(H,32,33)(H3,25,27,28,29,30,31). The SMILES string of the molecule is Cc1cc(Nc2cc(NCCNCCC(=O)NO)nc(Sc3ccc(NC(=O)C4CC4)cc3)n2)n[nH]1. The minimum absolute atomic E-state index is 0.0768. The number of benzene rings is 1. The van der Waals surface area contributed by atoms with Crippen molar-refractivity contribution in [2.45, 2.75) is 36.2 Å². The number of rotatable bonds is 13. The Labute approximate surface area is 212 Å². The van der Waals surface area contributed by atoms with E-state index in [0.717, 1.165) is 29.1 Å². The van der Waals surface area contributed by atoms with Gasteiger partial charge in [0.1, 0.15) is 11.6 Å². The predicted octanol–water partition coefficient (Wildman–Crippen LogP) is 2.65. The number of aromatic amines is 1. The van der Waals surface area contributed by atoms with E-state index in [1.54, 1.807) is 11.5 Å². The lowest BCUT2D eigenvalue weighted by Gasteiger charge is -2.11. The van der Waals surface area contributed by atoms with E-state index in [1.807, 2.05) is 37.3 Å². The van der Waals surface area contributed by atoms with Gasteiger partial charge in [-0.15, -0.1) is 0 Å². The molecule has 1 aromatic carbocycles. The number of hydroxylamine groups is 1. The maximum atomic E-state index is 12.0. The van der Waals surface area contributed by atoms with Crippen molar-refractivity contribution in [1.82, 2.24) is 31.0 Å². The molecule has 3 aromatic rings. The number of carbonyl (C=O) groups is 2. The van der Waals surface area contributed by atoms with E-state index in [0.29, 0.717) is 42.2 Å². The van der Waals surface area contributed by atoms with Gasteiger partial charge in [-0.2, -0.15) is 5.10 Å². The first-order valence-electron chi connectivity index (χ1n) is 11.6. The van der Waals surface area contributed by atoms with Gasteiger partial charge in [-0.25, -0.2) is 15.4 Å². The molecular weight excluding hydrogens is 482 g/mol. The molecule has 0 radical (unpaired) electrons. The summed E-state index contributed by atoms with van der Waals surface area (Å²) < 4.78 is 0. The largest absolute Gasteiger partial charge is 0.369 e. The van der Waals surface area contributed by atoms with Crippen LogP contribution in [0.15, 0.2) is 46.5 Å². The third kappa shape index (κ3) is 7.93. The first-order chi connectivity index (χ1) is 17.5. The van der Waals surface area contributed by atoms with Crippen molar-refractivity contribution in [2.24, 2.45) is 5.92 Å². The number of hydrogen-bond acceptors (Lipinski definition) is 10. The van der Waals surface area contributed by atoms with E-state index >= 15 is 0 Å². The second kappa shape index (κ2) is 12.3. The lowest BCUT2D eigenvalue weighted by Crippen LogP contribution is -2.28. The number of nitrogens with one attached hydrogen (secondary N) is 6. The quantitative estimate of drug-likeness (QED) is 0.0784. The second-order valence-corrected chi connectivity index (χ2v) is 9.37. The van der Waals surface area contributed by atoms with E-state index in [1.165, 1.54) is 11.8 Å². The first kappa shape index (κ1) is 25.4. The fraction of sp³-hybridized carbons (Fsp3) is 0.348. The normalized spacial score (nSPS) is 12.7. The number of hydrogen-bond donors (Lipinski definition) is 7. The summed E-state index contributed by atoms with van der Waals surface area (Å²) in [6.45, 7) is 3.53. The molecule has 1 aliphatic carbocycles. The molecule has 4 rings (SSSR count). The Hall–Kier alpha value is -3.68. The van der Waals surface area contributed by atoms with Crippen LogP contribution in [0.5, 0.6) is 0 Å². The molecule has 12 nitrogen and oxygen atoms in total. The van der Waals surface area contributed by atoms with Gasteiger partial charge in [0, 0.05) is 60.4 Å². The Morgan fingerprint density at radius 3 is 2.53 bits per heavy atom. The van der Waals surface area contributed by atoms with Crippen LogP contribution < -0.4 is 26.7 Å². The van der Waals surface area contributed by atoms with Crippen molar-refractivity contribution < 1.29 is 14.8 Å². The minimum atomic E-state index is -0.435. The van der Waals surface area contributed by atoms with Crippen LogP contribution in [0.2, 0.25) is 0 Å². The first-order valence-corrected chi connectivity index (χ1v) is 12.4. The zero-order valence-corrected chi connectivity index (χ0v) is 20.6. The van der Waals surface area contributed by atoms with Gasteiger partial charge < -0.3 is 21.3 Å². The summed E-state index contributed by atoms with van der Waals surface area (Å²) in [7, 11) is 0. The Bertz CT molecular complexity index is 1180. The molecule has 13 heteroatoms. The predicted molar refractivity (Wildman–Crippen MR) is 136 cm³/mol. The van der Waals surface area contributed by atoms with Crippen LogP contribution in [0.25, 0.3) is 0 Å².